The molecule has 3 nitrogen and oxygen atoms in total. The van der Waals surface area contributed by atoms with Crippen LogP contribution in [0.15, 0.2) is 18.3 Å². The minimum atomic E-state index is 0.0741. The average molecular weight is 219 g/mol. The van der Waals surface area contributed by atoms with Crippen LogP contribution >= 0.6 is 0 Å². The molecule has 0 aliphatic heterocycles. The first-order chi connectivity index (χ1) is 7.76. The van der Waals surface area contributed by atoms with Crippen LogP contribution in [0, 0.1) is 0 Å². The Morgan fingerprint density at radius 1 is 1.44 bits per heavy atom. The largest absolute Gasteiger partial charge is 0.368 e. The van der Waals surface area contributed by atoms with Crippen molar-refractivity contribution in [1.82, 2.24) is 4.98 Å². The van der Waals surface area contributed by atoms with Crippen molar-refractivity contribution in [3.8, 4) is 0 Å². The van der Waals surface area contributed by atoms with Gasteiger partial charge >= 0.3 is 0 Å². The summed E-state index contributed by atoms with van der Waals surface area (Å²) in [5, 5.41) is 0. The third-order valence-corrected chi connectivity index (χ3v) is 3.25. The zero-order valence-electron chi connectivity index (χ0n) is 10.2. The van der Waals surface area contributed by atoms with E-state index in [0.717, 1.165) is 24.7 Å². The van der Waals surface area contributed by atoms with Crippen molar-refractivity contribution in [1.29, 1.82) is 0 Å². The van der Waals surface area contributed by atoms with E-state index < -0.39 is 0 Å². The molecular formula is C13H21N3. The Bertz CT molecular complexity index is 330. The molecule has 0 radical (unpaired) electrons. The standard InChI is InChI=1S/C13H21N3/c1-3-12(14)13-8-7-11(9-15-13)16(4-2)10-5-6-10/h7-10,12H,3-6,14H2,1-2H3. The molecule has 1 aromatic heterocycles. The van der Waals surface area contributed by atoms with Crippen molar-refractivity contribution >= 4 is 5.69 Å². The normalized spacial score (nSPS) is 17.2. The fraction of sp³-hybridized carbons (Fsp3) is 0.615. The predicted molar refractivity (Wildman–Crippen MR) is 67.5 cm³/mol. The lowest BCUT2D eigenvalue weighted by Gasteiger charge is -2.22. The van der Waals surface area contributed by atoms with Gasteiger partial charge < -0.3 is 10.6 Å². The SMILES string of the molecule is CCC(N)c1ccc(N(CC)C2CC2)cn1. The van der Waals surface area contributed by atoms with Gasteiger partial charge in [-0.2, -0.15) is 0 Å². The fourth-order valence-electron chi connectivity index (χ4n) is 2.03. The summed E-state index contributed by atoms with van der Waals surface area (Å²) in [6.07, 6.45) is 5.55. The van der Waals surface area contributed by atoms with Gasteiger partial charge in [-0.25, -0.2) is 0 Å². The Balaban J connectivity index is 2.11. The summed E-state index contributed by atoms with van der Waals surface area (Å²) in [7, 11) is 0. The van der Waals surface area contributed by atoms with Crippen LogP contribution in [0.2, 0.25) is 0 Å². The second-order valence-corrected chi connectivity index (χ2v) is 4.47. The fourth-order valence-corrected chi connectivity index (χ4v) is 2.03. The minimum Gasteiger partial charge on any atom is -0.368 e. The molecule has 1 unspecified atom stereocenters. The van der Waals surface area contributed by atoms with E-state index in [2.05, 4.69) is 35.9 Å². The van der Waals surface area contributed by atoms with Gasteiger partial charge in [-0.1, -0.05) is 6.92 Å². The lowest BCUT2D eigenvalue weighted by Crippen LogP contribution is -2.25. The number of pyridine rings is 1. The van der Waals surface area contributed by atoms with E-state index in [1.807, 2.05) is 6.20 Å². The summed E-state index contributed by atoms with van der Waals surface area (Å²) in [5.74, 6) is 0. The average Bonchev–Trinajstić information content (AvgIpc) is 3.14. The van der Waals surface area contributed by atoms with Crippen LogP contribution in [-0.4, -0.2) is 17.6 Å². The van der Waals surface area contributed by atoms with Gasteiger partial charge in [0.15, 0.2) is 0 Å². The number of rotatable bonds is 5. The molecule has 1 fully saturated rings. The summed E-state index contributed by atoms with van der Waals surface area (Å²) in [6.45, 7) is 5.35. The summed E-state index contributed by atoms with van der Waals surface area (Å²) >= 11 is 0. The monoisotopic (exact) mass is 219 g/mol. The lowest BCUT2D eigenvalue weighted by molar-refractivity contribution is 0.674. The molecule has 0 saturated heterocycles. The highest BCUT2D eigenvalue weighted by Crippen LogP contribution is 2.31. The van der Waals surface area contributed by atoms with Crippen molar-refractivity contribution in [3.63, 3.8) is 0 Å². The molecule has 16 heavy (non-hydrogen) atoms. The predicted octanol–water partition coefficient (Wildman–Crippen LogP) is 2.48. The second kappa shape index (κ2) is 4.83. The molecule has 3 heteroatoms. The quantitative estimate of drug-likeness (QED) is 0.827. The molecule has 88 valence electrons. The van der Waals surface area contributed by atoms with Crippen molar-refractivity contribution < 1.29 is 0 Å². The number of anilines is 1. The maximum Gasteiger partial charge on any atom is 0.0572 e. The molecule has 2 N–H and O–H groups in total. The number of nitrogens with zero attached hydrogens (tertiary/aromatic N) is 2. The molecule has 1 aromatic rings. The van der Waals surface area contributed by atoms with E-state index in [0.29, 0.717) is 0 Å². The molecule has 2 rings (SSSR count). The lowest BCUT2D eigenvalue weighted by atomic mass is 10.1. The van der Waals surface area contributed by atoms with Crippen LogP contribution in [0.5, 0.6) is 0 Å². The van der Waals surface area contributed by atoms with Gasteiger partial charge in [-0.05, 0) is 38.3 Å². The molecule has 0 spiro atoms. The van der Waals surface area contributed by atoms with E-state index in [9.17, 15) is 0 Å². The van der Waals surface area contributed by atoms with Crippen LogP contribution in [0.4, 0.5) is 5.69 Å². The highest BCUT2D eigenvalue weighted by molar-refractivity contribution is 5.47. The molecule has 0 bridgehead atoms. The third kappa shape index (κ3) is 2.35. The van der Waals surface area contributed by atoms with Gasteiger partial charge in [0, 0.05) is 18.6 Å². The first-order valence-corrected chi connectivity index (χ1v) is 6.24. The van der Waals surface area contributed by atoms with Gasteiger partial charge in [-0.3, -0.25) is 4.98 Å². The molecular weight excluding hydrogens is 198 g/mol. The Morgan fingerprint density at radius 2 is 2.19 bits per heavy atom. The Labute approximate surface area is 97.7 Å². The third-order valence-electron chi connectivity index (χ3n) is 3.25. The van der Waals surface area contributed by atoms with E-state index in [1.54, 1.807) is 0 Å². The van der Waals surface area contributed by atoms with E-state index in [1.165, 1.54) is 18.5 Å². The zero-order chi connectivity index (χ0) is 11.5. The zero-order valence-corrected chi connectivity index (χ0v) is 10.2. The van der Waals surface area contributed by atoms with Crippen molar-refractivity contribution in [2.45, 2.75) is 45.2 Å². The smallest absolute Gasteiger partial charge is 0.0572 e. The summed E-state index contributed by atoms with van der Waals surface area (Å²) in [5.41, 5.74) is 8.18. The number of nitrogens with two attached hydrogens (primary N) is 1. The Hall–Kier alpha value is -1.09. The number of hydrogen-bond acceptors (Lipinski definition) is 3. The van der Waals surface area contributed by atoms with E-state index in [-0.39, 0.29) is 6.04 Å². The van der Waals surface area contributed by atoms with Gasteiger partial charge in [-0.15, -0.1) is 0 Å². The van der Waals surface area contributed by atoms with Crippen molar-refractivity contribution in [2.24, 2.45) is 5.73 Å². The van der Waals surface area contributed by atoms with Crippen LogP contribution in [-0.2, 0) is 0 Å². The van der Waals surface area contributed by atoms with Gasteiger partial charge in [0.2, 0.25) is 0 Å². The van der Waals surface area contributed by atoms with Crippen LogP contribution < -0.4 is 10.6 Å². The minimum absolute atomic E-state index is 0.0741. The van der Waals surface area contributed by atoms with Gasteiger partial charge in [0.05, 0.1) is 17.6 Å². The highest BCUT2D eigenvalue weighted by atomic mass is 15.2. The van der Waals surface area contributed by atoms with E-state index in [4.69, 9.17) is 5.73 Å². The first-order valence-electron chi connectivity index (χ1n) is 6.24. The maximum absolute atomic E-state index is 5.95. The second-order valence-electron chi connectivity index (χ2n) is 4.47. The molecule has 1 atom stereocenters. The molecule has 1 saturated carbocycles. The first kappa shape index (κ1) is 11.4. The highest BCUT2D eigenvalue weighted by Gasteiger charge is 2.28. The van der Waals surface area contributed by atoms with Gasteiger partial charge in [0.1, 0.15) is 0 Å². The topological polar surface area (TPSA) is 42.1 Å². The van der Waals surface area contributed by atoms with E-state index >= 15 is 0 Å². The van der Waals surface area contributed by atoms with Crippen LogP contribution in [0.25, 0.3) is 0 Å². The van der Waals surface area contributed by atoms with Crippen molar-refractivity contribution in [3.05, 3.63) is 24.0 Å². The Morgan fingerprint density at radius 3 is 2.62 bits per heavy atom. The summed E-state index contributed by atoms with van der Waals surface area (Å²) in [4.78, 5) is 6.89. The van der Waals surface area contributed by atoms with Crippen LogP contribution in [0.1, 0.15) is 44.8 Å². The number of hydrogen-bond donors (Lipinski definition) is 1. The maximum atomic E-state index is 5.95. The molecule has 0 aromatic carbocycles. The summed E-state index contributed by atoms with van der Waals surface area (Å²) < 4.78 is 0. The Kier molecular flexibility index (Phi) is 3.44. The molecule has 1 heterocycles. The molecule has 1 aliphatic carbocycles. The molecule has 1 aliphatic rings. The molecule has 0 amide bonds. The number of aromatic nitrogens is 1. The summed E-state index contributed by atoms with van der Waals surface area (Å²) in [6, 6.07) is 5.04. The van der Waals surface area contributed by atoms with Crippen molar-refractivity contribution in [2.75, 3.05) is 11.4 Å². The van der Waals surface area contributed by atoms with Gasteiger partial charge in [0.25, 0.3) is 0 Å². The van der Waals surface area contributed by atoms with Crippen LogP contribution in [0.3, 0.4) is 0 Å².